The maximum absolute atomic E-state index is 11.9. The van der Waals surface area contributed by atoms with Crippen molar-refractivity contribution < 1.29 is 18.8 Å². The van der Waals surface area contributed by atoms with E-state index in [1.165, 1.54) is 7.11 Å². The Hall–Kier alpha value is -1.81. The highest BCUT2D eigenvalue weighted by Gasteiger charge is 2.32. The Labute approximate surface area is 113 Å². The number of hydrogen-bond donors (Lipinski definition) is 1. The molecule has 1 unspecified atom stereocenters. The van der Waals surface area contributed by atoms with Gasteiger partial charge in [-0.3, -0.25) is 4.79 Å². The van der Waals surface area contributed by atoms with Gasteiger partial charge in [-0.1, -0.05) is 0 Å². The van der Waals surface area contributed by atoms with E-state index in [-0.39, 0.29) is 11.5 Å². The van der Waals surface area contributed by atoms with Gasteiger partial charge in [-0.15, -0.1) is 0 Å². The molecule has 1 N–H and O–H groups in total. The lowest BCUT2D eigenvalue weighted by Crippen LogP contribution is -2.39. The van der Waals surface area contributed by atoms with E-state index in [0.717, 1.165) is 0 Å². The maximum atomic E-state index is 11.9. The zero-order chi connectivity index (χ0) is 14.6. The normalized spacial score (nSPS) is 21.1. The summed E-state index contributed by atoms with van der Waals surface area (Å²) in [5.41, 5.74) is 0.373. The summed E-state index contributed by atoms with van der Waals surface area (Å²) in [4.78, 5) is 23.3. The molecular formula is C12H18N2O4Si. The van der Waals surface area contributed by atoms with Gasteiger partial charge in [0, 0.05) is 5.70 Å². The first kappa shape index (κ1) is 15.2. The fourth-order valence-electron chi connectivity index (χ4n) is 1.73. The number of nitrogens with one attached hydrogen (secondary N) is 1. The van der Waals surface area contributed by atoms with E-state index in [0.29, 0.717) is 18.5 Å². The zero-order valence-corrected chi connectivity index (χ0v) is 12.6. The summed E-state index contributed by atoms with van der Waals surface area (Å²) in [6.07, 6.45) is 0.976. The highest BCUT2D eigenvalue weighted by atomic mass is 28.4. The number of methoxy groups -OCH3 is 1. The predicted octanol–water partition coefficient (Wildman–Crippen LogP) is 1.07. The van der Waals surface area contributed by atoms with Crippen LogP contribution in [-0.4, -0.2) is 33.4 Å². The molecule has 0 saturated carbocycles. The molecule has 19 heavy (non-hydrogen) atoms. The molecule has 1 atom stereocenters. The minimum atomic E-state index is -1.94. The number of ether oxygens (including phenoxy) is 1. The van der Waals surface area contributed by atoms with Gasteiger partial charge in [-0.2, -0.15) is 5.26 Å². The molecule has 104 valence electrons. The molecule has 1 fully saturated rings. The molecule has 7 heteroatoms. The summed E-state index contributed by atoms with van der Waals surface area (Å²) in [6, 6.07) is 1.31. The standard InChI is InChI=1S/C12H18N2O4Si/c1-17-11(15)8(7-13)9-5-6-10(14-9)12(16)18-19(2,3)4/h10,14H,5-6H2,1-4H3/b9-8-. The van der Waals surface area contributed by atoms with E-state index in [2.05, 4.69) is 10.1 Å². The van der Waals surface area contributed by atoms with Crippen molar-refractivity contribution in [1.82, 2.24) is 5.32 Å². The Bertz CT molecular complexity index is 459. The van der Waals surface area contributed by atoms with Crippen LogP contribution in [0.5, 0.6) is 0 Å². The molecule has 0 aromatic rings. The summed E-state index contributed by atoms with van der Waals surface area (Å²) in [5.74, 6) is -1.01. The minimum absolute atomic E-state index is 0.0780. The minimum Gasteiger partial charge on any atom is -0.518 e. The summed E-state index contributed by atoms with van der Waals surface area (Å²) in [6.45, 7) is 5.77. The summed E-state index contributed by atoms with van der Waals surface area (Å²) >= 11 is 0. The summed E-state index contributed by atoms with van der Waals surface area (Å²) in [5, 5.41) is 11.8. The van der Waals surface area contributed by atoms with Crippen molar-refractivity contribution in [2.45, 2.75) is 38.5 Å². The van der Waals surface area contributed by atoms with Crippen molar-refractivity contribution in [3.8, 4) is 6.07 Å². The van der Waals surface area contributed by atoms with E-state index in [4.69, 9.17) is 9.69 Å². The fourth-order valence-corrected chi connectivity index (χ4v) is 2.47. The van der Waals surface area contributed by atoms with E-state index in [1.54, 1.807) is 6.07 Å². The number of carbonyl (C=O) groups is 2. The highest BCUT2D eigenvalue weighted by molar-refractivity contribution is 6.71. The number of rotatable bonds is 3. The lowest BCUT2D eigenvalue weighted by Gasteiger charge is -2.20. The van der Waals surface area contributed by atoms with Crippen LogP contribution in [0.4, 0.5) is 0 Å². The molecule has 0 aromatic carbocycles. The van der Waals surface area contributed by atoms with Crippen LogP contribution in [-0.2, 0) is 18.8 Å². The SMILES string of the molecule is COC(=O)/C(C#N)=C1/CCC(C(=O)O[Si](C)(C)C)N1. The van der Waals surface area contributed by atoms with Crippen molar-refractivity contribution in [2.24, 2.45) is 0 Å². The quantitative estimate of drug-likeness (QED) is 0.360. The third-order valence-corrected chi connectivity index (χ3v) is 3.34. The first-order valence-electron chi connectivity index (χ1n) is 5.99. The number of esters is 1. The van der Waals surface area contributed by atoms with Crippen LogP contribution >= 0.6 is 0 Å². The molecular weight excluding hydrogens is 264 g/mol. The maximum Gasteiger partial charge on any atom is 0.350 e. The van der Waals surface area contributed by atoms with Crippen molar-refractivity contribution in [3.05, 3.63) is 11.3 Å². The molecule has 1 saturated heterocycles. The second-order valence-corrected chi connectivity index (χ2v) is 9.65. The van der Waals surface area contributed by atoms with Crippen molar-refractivity contribution in [1.29, 1.82) is 5.26 Å². The average molecular weight is 282 g/mol. The number of hydrogen-bond acceptors (Lipinski definition) is 6. The molecule has 0 aromatic heterocycles. The lowest BCUT2D eigenvalue weighted by atomic mass is 10.2. The molecule has 6 nitrogen and oxygen atoms in total. The topological polar surface area (TPSA) is 88.4 Å². The van der Waals surface area contributed by atoms with Crippen LogP contribution in [0.25, 0.3) is 0 Å². The van der Waals surface area contributed by atoms with Crippen molar-refractivity contribution in [3.63, 3.8) is 0 Å². The third kappa shape index (κ3) is 4.10. The lowest BCUT2D eigenvalue weighted by molar-refractivity contribution is -0.137. The van der Waals surface area contributed by atoms with Gasteiger partial charge in [0.25, 0.3) is 0 Å². The van der Waals surface area contributed by atoms with Crippen LogP contribution < -0.4 is 5.32 Å². The van der Waals surface area contributed by atoms with E-state index >= 15 is 0 Å². The van der Waals surface area contributed by atoms with Crippen LogP contribution in [0.1, 0.15) is 12.8 Å². The molecule has 0 radical (unpaired) electrons. The zero-order valence-electron chi connectivity index (χ0n) is 11.6. The van der Waals surface area contributed by atoms with Gasteiger partial charge in [-0.25, -0.2) is 4.79 Å². The van der Waals surface area contributed by atoms with Crippen molar-refractivity contribution in [2.75, 3.05) is 7.11 Å². The van der Waals surface area contributed by atoms with Gasteiger partial charge < -0.3 is 14.5 Å². The van der Waals surface area contributed by atoms with Gasteiger partial charge in [0.1, 0.15) is 12.1 Å². The molecule has 1 rings (SSSR count). The Morgan fingerprint density at radius 1 is 1.42 bits per heavy atom. The Morgan fingerprint density at radius 3 is 2.53 bits per heavy atom. The molecule has 0 spiro atoms. The van der Waals surface area contributed by atoms with Gasteiger partial charge in [-0.05, 0) is 32.5 Å². The Balaban J connectivity index is 2.78. The van der Waals surface area contributed by atoms with Crippen LogP contribution in [0.15, 0.2) is 11.3 Å². The smallest absolute Gasteiger partial charge is 0.350 e. The predicted molar refractivity (Wildman–Crippen MR) is 70.3 cm³/mol. The van der Waals surface area contributed by atoms with Gasteiger partial charge >= 0.3 is 11.9 Å². The number of nitrogens with zero attached hydrogens (tertiary/aromatic N) is 1. The largest absolute Gasteiger partial charge is 0.518 e. The third-order valence-electron chi connectivity index (χ3n) is 2.53. The van der Waals surface area contributed by atoms with Crippen LogP contribution in [0, 0.1) is 11.3 Å². The molecule has 1 aliphatic heterocycles. The van der Waals surface area contributed by atoms with Crippen LogP contribution in [0.2, 0.25) is 19.6 Å². The Morgan fingerprint density at radius 2 is 2.05 bits per heavy atom. The van der Waals surface area contributed by atoms with E-state index in [9.17, 15) is 9.59 Å². The number of carbonyl (C=O) groups excluding carboxylic acids is 2. The monoisotopic (exact) mass is 282 g/mol. The van der Waals surface area contributed by atoms with Gasteiger partial charge in [0.05, 0.1) is 7.11 Å². The molecule has 0 bridgehead atoms. The second-order valence-electron chi connectivity index (χ2n) is 5.23. The first-order valence-corrected chi connectivity index (χ1v) is 9.40. The van der Waals surface area contributed by atoms with Crippen LogP contribution in [0.3, 0.4) is 0 Å². The average Bonchev–Trinajstić information content (AvgIpc) is 2.77. The van der Waals surface area contributed by atoms with Gasteiger partial charge in [0.2, 0.25) is 8.32 Å². The molecule has 1 aliphatic rings. The molecule has 1 heterocycles. The number of allylic oxidation sites excluding steroid dienone is 1. The number of nitriles is 1. The fraction of sp³-hybridized carbons (Fsp3) is 0.583. The summed E-state index contributed by atoms with van der Waals surface area (Å²) < 4.78 is 9.91. The van der Waals surface area contributed by atoms with E-state index < -0.39 is 20.3 Å². The second kappa shape index (κ2) is 5.89. The summed E-state index contributed by atoms with van der Waals surface area (Å²) in [7, 11) is -0.722. The molecule has 0 aliphatic carbocycles. The van der Waals surface area contributed by atoms with E-state index in [1.807, 2.05) is 19.6 Å². The van der Waals surface area contributed by atoms with Gasteiger partial charge in [0.15, 0.2) is 5.57 Å². The Kier molecular flexibility index (Phi) is 4.72. The van der Waals surface area contributed by atoms with Crippen molar-refractivity contribution >= 4 is 20.3 Å². The highest BCUT2D eigenvalue weighted by Crippen LogP contribution is 2.21. The molecule has 0 amide bonds. The first-order chi connectivity index (χ1) is 8.78.